The zero-order chi connectivity index (χ0) is 25.5. The van der Waals surface area contributed by atoms with Crippen molar-refractivity contribution < 1.29 is 27.1 Å². The van der Waals surface area contributed by atoms with E-state index in [1.54, 1.807) is 6.07 Å². The minimum absolute atomic E-state index is 0.00874. The van der Waals surface area contributed by atoms with Crippen LogP contribution in [-0.4, -0.2) is 58.9 Å². The largest absolute Gasteiger partial charge is 0.434 e. The molecule has 0 atom stereocenters. The van der Waals surface area contributed by atoms with Gasteiger partial charge in [0.1, 0.15) is 18.0 Å². The number of hydrogen-bond donors (Lipinski definition) is 0. The van der Waals surface area contributed by atoms with E-state index in [2.05, 4.69) is 9.97 Å². The molecule has 35 heavy (non-hydrogen) atoms. The Morgan fingerprint density at radius 1 is 1.17 bits per heavy atom. The van der Waals surface area contributed by atoms with Crippen molar-refractivity contribution in [2.45, 2.75) is 51.4 Å². The maximum Gasteiger partial charge on any atom is 0.427 e. The Morgan fingerprint density at radius 3 is 2.49 bits per heavy atom. The van der Waals surface area contributed by atoms with Gasteiger partial charge in [-0.1, -0.05) is 12.1 Å². The van der Waals surface area contributed by atoms with E-state index in [9.17, 15) is 22.4 Å². The van der Waals surface area contributed by atoms with E-state index >= 15 is 0 Å². The number of aryl methyl sites for hydroxylation is 1. The van der Waals surface area contributed by atoms with Gasteiger partial charge in [0.15, 0.2) is 0 Å². The second-order valence-electron chi connectivity index (χ2n) is 9.21. The molecule has 0 aliphatic carbocycles. The number of benzene rings is 1. The zero-order valence-corrected chi connectivity index (χ0v) is 20.6. The molecule has 0 N–H and O–H groups in total. The lowest BCUT2D eigenvalue weighted by Crippen LogP contribution is -2.50. The molecule has 3 heterocycles. The van der Waals surface area contributed by atoms with Crippen LogP contribution in [0.25, 0.3) is 21.3 Å². The molecule has 1 saturated heterocycles. The number of aromatic nitrogens is 2. The molecule has 0 bridgehead atoms. The molecule has 0 unspecified atom stereocenters. The Hall–Kier alpha value is -2.95. The number of nitrogens with zero attached hydrogens (tertiary/aromatic N) is 4. The summed E-state index contributed by atoms with van der Waals surface area (Å²) >= 11 is 1.43. The van der Waals surface area contributed by atoms with Gasteiger partial charge in [-0.15, -0.1) is 11.3 Å². The third-order valence-electron chi connectivity index (χ3n) is 6.38. The lowest BCUT2D eigenvalue weighted by Gasteiger charge is -2.38. The Balaban J connectivity index is 1.49. The van der Waals surface area contributed by atoms with Gasteiger partial charge < -0.3 is 14.5 Å². The number of alkyl halides is 3. The van der Waals surface area contributed by atoms with E-state index in [1.807, 2.05) is 30.3 Å². The minimum Gasteiger partial charge on any atom is -0.434 e. The summed E-state index contributed by atoms with van der Waals surface area (Å²) in [6.45, 7) is 4.03. The summed E-state index contributed by atoms with van der Waals surface area (Å²) in [6.07, 6.45) is -3.10. The fourth-order valence-corrected chi connectivity index (χ4v) is 5.12. The summed E-state index contributed by atoms with van der Waals surface area (Å²) in [4.78, 5) is 24.5. The molecule has 188 valence electrons. The SMILES string of the molecule is Cc1ccc(-c2csc3c(N(C)C4CCN(C(=O)OC(C)(C)C(F)(F)F)CC4)ncnc23)c(F)c1. The molecule has 11 heteroatoms. The van der Waals surface area contributed by atoms with Gasteiger partial charge in [0.2, 0.25) is 5.60 Å². The van der Waals surface area contributed by atoms with Crippen LogP contribution in [0.1, 0.15) is 32.3 Å². The average molecular weight is 511 g/mol. The molecule has 1 aromatic carbocycles. The fraction of sp³-hybridized carbons (Fsp3) is 0.458. The van der Waals surface area contributed by atoms with Gasteiger partial charge in [-0.2, -0.15) is 13.2 Å². The van der Waals surface area contributed by atoms with E-state index in [0.717, 1.165) is 24.1 Å². The standard InChI is InChI=1S/C24H26F4N4O2S/c1-14-5-6-16(18(25)11-14)17-12-35-20-19(17)29-13-30-21(20)31(4)15-7-9-32(10-8-15)22(33)34-23(2,3)24(26,27)28/h5-6,11-13,15H,7-10H2,1-4H3. The van der Waals surface area contributed by atoms with E-state index in [1.165, 1.54) is 28.6 Å². The second kappa shape index (κ2) is 9.25. The lowest BCUT2D eigenvalue weighted by molar-refractivity contribution is -0.246. The minimum atomic E-state index is -4.65. The summed E-state index contributed by atoms with van der Waals surface area (Å²) in [5, 5.41) is 1.87. The molecule has 1 aliphatic rings. The van der Waals surface area contributed by atoms with E-state index in [4.69, 9.17) is 4.74 Å². The molecular weight excluding hydrogens is 484 g/mol. The molecule has 2 aromatic heterocycles. The summed E-state index contributed by atoms with van der Waals surface area (Å²) in [7, 11) is 1.89. The predicted molar refractivity (Wildman–Crippen MR) is 127 cm³/mol. The van der Waals surface area contributed by atoms with Crippen LogP contribution in [-0.2, 0) is 4.74 Å². The lowest BCUT2D eigenvalue weighted by atomic mass is 10.0. The molecule has 0 radical (unpaired) electrons. The number of piperidine rings is 1. The highest BCUT2D eigenvalue weighted by Gasteiger charge is 2.51. The van der Waals surface area contributed by atoms with Crippen LogP contribution in [0.2, 0.25) is 0 Å². The number of thiophene rings is 1. The van der Waals surface area contributed by atoms with Crippen LogP contribution in [0.3, 0.4) is 0 Å². The van der Waals surface area contributed by atoms with Crippen molar-refractivity contribution in [3.05, 3.63) is 41.3 Å². The Kier molecular flexibility index (Phi) is 6.65. The highest BCUT2D eigenvalue weighted by Crippen LogP contribution is 2.39. The van der Waals surface area contributed by atoms with Gasteiger partial charge in [0.05, 0.1) is 10.2 Å². The molecule has 4 rings (SSSR count). The fourth-order valence-electron chi connectivity index (χ4n) is 4.07. The van der Waals surface area contributed by atoms with Crippen LogP contribution in [0.4, 0.5) is 28.2 Å². The second-order valence-corrected chi connectivity index (χ2v) is 10.1. The number of fused-ring (bicyclic) bond motifs is 1. The summed E-state index contributed by atoms with van der Waals surface area (Å²) in [5.41, 5.74) is 0.105. The third-order valence-corrected chi connectivity index (χ3v) is 7.34. The normalized spacial score (nSPS) is 15.5. The van der Waals surface area contributed by atoms with Crippen molar-refractivity contribution in [1.82, 2.24) is 14.9 Å². The first kappa shape index (κ1) is 25.2. The molecular formula is C24H26F4N4O2S. The van der Waals surface area contributed by atoms with Gasteiger partial charge in [-0.05, 0) is 45.2 Å². The van der Waals surface area contributed by atoms with Gasteiger partial charge in [-0.3, -0.25) is 0 Å². The summed E-state index contributed by atoms with van der Waals surface area (Å²) in [6, 6.07) is 5.09. The third kappa shape index (κ3) is 4.91. The van der Waals surface area contributed by atoms with Crippen LogP contribution < -0.4 is 4.90 Å². The summed E-state index contributed by atoms with van der Waals surface area (Å²) < 4.78 is 59.3. The number of halogens is 4. The molecule has 0 saturated carbocycles. The maximum absolute atomic E-state index is 14.6. The molecule has 3 aromatic rings. The van der Waals surface area contributed by atoms with E-state index in [-0.39, 0.29) is 24.9 Å². The first-order chi connectivity index (χ1) is 16.4. The highest BCUT2D eigenvalue weighted by molar-refractivity contribution is 7.18. The average Bonchev–Trinajstić information content (AvgIpc) is 3.22. The molecule has 0 spiro atoms. The van der Waals surface area contributed by atoms with Crippen molar-refractivity contribution in [3.8, 4) is 11.1 Å². The first-order valence-corrected chi connectivity index (χ1v) is 12.0. The first-order valence-electron chi connectivity index (χ1n) is 11.2. The van der Waals surface area contributed by atoms with Crippen LogP contribution in [0.15, 0.2) is 29.9 Å². The van der Waals surface area contributed by atoms with Gasteiger partial charge in [-0.25, -0.2) is 19.2 Å². The van der Waals surface area contributed by atoms with Gasteiger partial charge >= 0.3 is 12.3 Å². The van der Waals surface area contributed by atoms with Crippen LogP contribution in [0.5, 0.6) is 0 Å². The topological polar surface area (TPSA) is 58.6 Å². The van der Waals surface area contributed by atoms with Crippen molar-refractivity contribution in [3.63, 3.8) is 0 Å². The number of amides is 1. The maximum atomic E-state index is 14.6. The van der Waals surface area contributed by atoms with Gasteiger partial charge in [0, 0.05) is 42.7 Å². The smallest absolute Gasteiger partial charge is 0.427 e. The van der Waals surface area contributed by atoms with E-state index < -0.39 is 17.9 Å². The van der Waals surface area contributed by atoms with Crippen molar-refractivity contribution in [2.75, 3.05) is 25.0 Å². The number of carbonyl (C=O) groups excluding carboxylic acids is 1. The number of likely N-dealkylation sites (tertiary alicyclic amines) is 1. The van der Waals surface area contributed by atoms with Crippen LogP contribution >= 0.6 is 11.3 Å². The van der Waals surface area contributed by atoms with E-state index in [0.29, 0.717) is 35.3 Å². The van der Waals surface area contributed by atoms with Crippen molar-refractivity contribution in [1.29, 1.82) is 0 Å². The number of ether oxygens (including phenoxy) is 1. The quantitative estimate of drug-likeness (QED) is 0.392. The number of anilines is 1. The predicted octanol–water partition coefficient (Wildman–Crippen LogP) is 6.18. The molecule has 6 nitrogen and oxygen atoms in total. The van der Waals surface area contributed by atoms with Crippen molar-refractivity contribution in [2.24, 2.45) is 0 Å². The molecule has 1 amide bonds. The number of hydrogen-bond acceptors (Lipinski definition) is 6. The zero-order valence-electron chi connectivity index (χ0n) is 19.8. The number of rotatable bonds is 4. The van der Waals surface area contributed by atoms with Crippen molar-refractivity contribution >= 4 is 33.5 Å². The van der Waals surface area contributed by atoms with Crippen LogP contribution in [0, 0.1) is 12.7 Å². The number of carbonyl (C=O) groups is 1. The summed E-state index contributed by atoms with van der Waals surface area (Å²) in [5.74, 6) is 0.379. The van der Waals surface area contributed by atoms with Gasteiger partial charge in [0.25, 0.3) is 0 Å². The Labute approximate surface area is 204 Å². The highest BCUT2D eigenvalue weighted by atomic mass is 32.1. The monoisotopic (exact) mass is 510 g/mol. The molecule has 1 fully saturated rings. The molecule has 1 aliphatic heterocycles. The Bertz CT molecular complexity index is 1240. The Morgan fingerprint density at radius 2 is 1.86 bits per heavy atom.